The maximum atomic E-state index is 3.77. The molecule has 1 N–H and O–H groups in total. The third-order valence-corrected chi connectivity index (χ3v) is 4.46. The van der Waals surface area contributed by atoms with Gasteiger partial charge in [-0.1, -0.05) is 51.1 Å². The van der Waals surface area contributed by atoms with Gasteiger partial charge in [0.25, 0.3) is 0 Å². The molecule has 1 heterocycles. The smallest absolute Gasteiger partial charge is 0.0127 e. The lowest BCUT2D eigenvalue weighted by molar-refractivity contribution is 0.180. The van der Waals surface area contributed by atoms with Crippen LogP contribution < -0.4 is 5.32 Å². The Bertz CT molecular complexity index is 344. The van der Waals surface area contributed by atoms with Gasteiger partial charge < -0.3 is 5.32 Å². The average Bonchev–Trinajstić information content (AvgIpc) is 2.38. The molecule has 0 spiro atoms. The van der Waals surface area contributed by atoms with Crippen LogP contribution in [0.15, 0.2) is 30.3 Å². The molecule has 0 bridgehead atoms. The van der Waals surface area contributed by atoms with Crippen molar-refractivity contribution in [3.8, 4) is 0 Å². The normalized spacial score (nSPS) is 26.2. The molecule has 1 aliphatic rings. The van der Waals surface area contributed by atoms with Gasteiger partial charge in [-0.2, -0.15) is 0 Å². The molecular weight excluding hydrogens is 218 g/mol. The Kier molecular flexibility index (Phi) is 4.82. The average molecular weight is 245 g/mol. The summed E-state index contributed by atoms with van der Waals surface area (Å²) in [6, 6.07) is 11.6. The lowest BCUT2D eigenvalue weighted by Crippen LogP contribution is -2.47. The molecule has 0 saturated carbocycles. The molecule has 3 atom stereocenters. The van der Waals surface area contributed by atoms with Crippen LogP contribution in [-0.2, 0) is 6.42 Å². The molecule has 0 aromatic heterocycles. The molecule has 1 nitrogen and oxygen atoms in total. The van der Waals surface area contributed by atoms with E-state index in [0.717, 1.165) is 17.8 Å². The molecule has 18 heavy (non-hydrogen) atoms. The van der Waals surface area contributed by atoms with Gasteiger partial charge in [-0.05, 0) is 49.1 Å². The Morgan fingerprint density at radius 1 is 1.22 bits per heavy atom. The molecule has 1 heteroatoms. The van der Waals surface area contributed by atoms with E-state index in [2.05, 4.69) is 56.4 Å². The fraction of sp³-hybridized carbons (Fsp3) is 0.647. The number of piperidine rings is 1. The van der Waals surface area contributed by atoms with E-state index in [4.69, 9.17) is 0 Å². The summed E-state index contributed by atoms with van der Waals surface area (Å²) in [6.07, 6.45) is 3.93. The van der Waals surface area contributed by atoms with Crippen molar-refractivity contribution < 1.29 is 0 Å². The predicted octanol–water partition coefficient (Wildman–Crippen LogP) is 3.89. The lowest BCUT2D eigenvalue weighted by Gasteiger charge is -2.38. The molecule has 100 valence electrons. The highest BCUT2D eigenvalue weighted by Crippen LogP contribution is 2.29. The SMILES string of the molecule is CC(C)C(Cc1ccccc1)C1NCCCC1C. The summed E-state index contributed by atoms with van der Waals surface area (Å²) in [6.45, 7) is 8.36. The number of hydrogen-bond donors (Lipinski definition) is 1. The maximum absolute atomic E-state index is 3.77. The Balaban J connectivity index is 2.08. The predicted molar refractivity (Wildman–Crippen MR) is 78.7 cm³/mol. The third-order valence-electron chi connectivity index (χ3n) is 4.46. The highest BCUT2D eigenvalue weighted by atomic mass is 14.9. The molecule has 2 rings (SSSR count). The zero-order valence-corrected chi connectivity index (χ0v) is 12.0. The topological polar surface area (TPSA) is 12.0 Å². The number of benzene rings is 1. The molecule has 1 aromatic carbocycles. The van der Waals surface area contributed by atoms with Crippen LogP contribution in [0.2, 0.25) is 0 Å². The summed E-state index contributed by atoms with van der Waals surface area (Å²) < 4.78 is 0. The van der Waals surface area contributed by atoms with Gasteiger partial charge in [-0.3, -0.25) is 0 Å². The van der Waals surface area contributed by atoms with E-state index >= 15 is 0 Å². The summed E-state index contributed by atoms with van der Waals surface area (Å²) in [5.74, 6) is 2.31. The minimum Gasteiger partial charge on any atom is -0.313 e. The van der Waals surface area contributed by atoms with Crippen molar-refractivity contribution in [1.82, 2.24) is 5.32 Å². The summed E-state index contributed by atoms with van der Waals surface area (Å²) in [4.78, 5) is 0. The van der Waals surface area contributed by atoms with Gasteiger partial charge in [0.05, 0.1) is 0 Å². The van der Waals surface area contributed by atoms with Crippen LogP contribution in [0.4, 0.5) is 0 Å². The molecule has 1 aromatic rings. The van der Waals surface area contributed by atoms with Crippen LogP contribution in [0, 0.1) is 17.8 Å². The quantitative estimate of drug-likeness (QED) is 0.848. The standard InChI is InChI=1S/C17H27N/c1-13(2)16(12-15-9-5-4-6-10-15)17-14(3)8-7-11-18-17/h4-6,9-10,13-14,16-18H,7-8,11-12H2,1-3H3. The largest absolute Gasteiger partial charge is 0.313 e. The van der Waals surface area contributed by atoms with Crippen LogP contribution >= 0.6 is 0 Å². The highest BCUT2D eigenvalue weighted by Gasteiger charge is 2.30. The van der Waals surface area contributed by atoms with E-state index in [0.29, 0.717) is 6.04 Å². The Labute approximate surface area is 112 Å². The minimum absolute atomic E-state index is 0.693. The lowest BCUT2D eigenvalue weighted by atomic mass is 9.75. The molecular formula is C17H27N. The molecule has 0 amide bonds. The number of rotatable bonds is 4. The highest BCUT2D eigenvalue weighted by molar-refractivity contribution is 5.16. The summed E-state index contributed by atoms with van der Waals surface area (Å²) in [5, 5.41) is 3.77. The van der Waals surface area contributed by atoms with E-state index in [1.807, 2.05) is 0 Å². The first kappa shape index (κ1) is 13.6. The van der Waals surface area contributed by atoms with Crippen molar-refractivity contribution in [3.05, 3.63) is 35.9 Å². The first-order valence-electron chi connectivity index (χ1n) is 7.46. The summed E-state index contributed by atoms with van der Waals surface area (Å²) >= 11 is 0. The van der Waals surface area contributed by atoms with Crippen LogP contribution in [0.3, 0.4) is 0 Å². The number of nitrogens with one attached hydrogen (secondary N) is 1. The summed E-state index contributed by atoms with van der Waals surface area (Å²) in [7, 11) is 0. The van der Waals surface area contributed by atoms with E-state index in [9.17, 15) is 0 Å². The first-order chi connectivity index (χ1) is 8.68. The van der Waals surface area contributed by atoms with E-state index in [1.54, 1.807) is 0 Å². The molecule has 1 saturated heterocycles. The van der Waals surface area contributed by atoms with Crippen LogP contribution in [0.25, 0.3) is 0 Å². The fourth-order valence-corrected chi connectivity index (χ4v) is 3.31. The van der Waals surface area contributed by atoms with Crippen molar-refractivity contribution in [2.75, 3.05) is 6.54 Å². The van der Waals surface area contributed by atoms with Gasteiger partial charge >= 0.3 is 0 Å². The van der Waals surface area contributed by atoms with Gasteiger partial charge in [0, 0.05) is 6.04 Å². The van der Waals surface area contributed by atoms with Crippen LogP contribution in [0.5, 0.6) is 0 Å². The monoisotopic (exact) mass is 245 g/mol. The van der Waals surface area contributed by atoms with Crippen LogP contribution in [0.1, 0.15) is 39.2 Å². The van der Waals surface area contributed by atoms with Gasteiger partial charge in [-0.25, -0.2) is 0 Å². The Morgan fingerprint density at radius 2 is 1.94 bits per heavy atom. The van der Waals surface area contributed by atoms with Crippen LogP contribution in [-0.4, -0.2) is 12.6 Å². The second-order valence-corrected chi connectivity index (χ2v) is 6.20. The van der Waals surface area contributed by atoms with Gasteiger partial charge in [0.15, 0.2) is 0 Å². The zero-order valence-electron chi connectivity index (χ0n) is 12.0. The first-order valence-corrected chi connectivity index (χ1v) is 7.46. The van der Waals surface area contributed by atoms with E-state index in [-0.39, 0.29) is 0 Å². The molecule has 1 aliphatic heterocycles. The van der Waals surface area contributed by atoms with Gasteiger partial charge in [0.1, 0.15) is 0 Å². The molecule has 1 fully saturated rings. The van der Waals surface area contributed by atoms with Crippen molar-refractivity contribution in [2.45, 2.75) is 46.1 Å². The van der Waals surface area contributed by atoms with Crippen molar-refractivity contribution in [3.63, 3.8) is 0 Å². The second kappa shape index (κ2) is 6.38. The minimum atomic E-state index is 0.693. The Hall–Kier alpha value is -0.820. The van der Waals surface area contributed by atoms with Gasteiger partial charge in [0.2, 0.25) is 0 Å². The van der Waals surface area contributed by atoms with E-state index < -0.39 is 0 Å². The van der Waals surface area contributed by atoms with Crippen molar-refractivity contribution >= 4 is 0 Å². The molecule has 0 radical (unpaired) electrons. The summed E-state index contributed by atoms with van der Waals surface area (Å²) in [5.41, 5.74) is 1.48. The van der Waals surface area contributed by atoms with E-state index in [1.165, 1.54) is 31.4 Å². The van der Waals surface area contributed by atoms with Crippen molar-refractivity contribution in [2.24, 2.45) is 17.8 Å². The zero-order chi connectivity index (χ0) is 13.0. The second-order valence-electron chi connectivity index (χ2n) is 6.20. The molecule has 3 unspecified atom stereocenters. The van der Waals surface area contributed by atoms with Gasteiger partial charge in [-0.15, -0.1) is 0 Å². The number of hydrogen-bond acceptors (Lipinski definition) is 1. The van der Waals surface area contributed by atoms with Crippen molar-refractivity contribution in [1.29, 1.82) is 0 Å². The molecule has 0 aliphatic carbocycles. The Morgan fingerprint density at radius 3 is 2.56 bits per heavy atom. The third kappa shape index (κ3) is 3.35. The maximum Gasteiger partial charge on any atom is 0.0127 e. The fourth-order valence-electron chi connectivity index (χ4n) is 3.31.